The van der Waals surface area contributed by atoms with Crippen LogP contribution in [0.15, 0.2) is 0 Å². The number of hydrogen-bond donors (Lipinski definition) is 0. The summed E-state index contributed by atoms with van der Waals surface area (Å²) < 4.78 is 1.48. The van der Waals surface area contributed by atoms with Crippen molar-refractivity contribution in [1.29, 1.82) is 0 Å². The zero-order valence-electron chi connectivity index (χ0n) is 16.6. The molecule has 1 rings (SSSR count). The van der Waals surface area contributed by atoms with E-state index in [2.05, 4.69) is 13.8 Å². The number of quaternary nitrogens is 1. The molecule has 1 heterocycles. The average Bonchev–Trinajstić information content (AvgIpc) is 3.02. The lowest BCUT2D eigenvalue weighted by Gasteiger charge is -2.34. The molecular formula is C22H46N+. The van der Waals surface area contributed by atoms with Crippen LogP contribution < -0.4 is 0 Å². The highest BCUT2D eigenvalue weighted by molar-refractivity contribution is 4.57. The Labute approximate surface area is 147 Å². The lowest BCUT2D eigenvalue weighted by atomic mass is 10.1. The first-order valence-electron chi connectivity index (χ1n) is 11.2. The number of rotatable bonds is 16. The Kier molecular flexibility index (Phi) is 13.1. The molecule has 0 atom stereocenters. The quantitative estimate of drug-likeness (QED) is 0.210. The van der Waals surface area contributed by atoms with Crippen LogP contribution in [0.25, 0.3) is 0 Å². The molecule has 0 aromatic rings. The topological polar surface area (TPSA) is 0 Å². The van der Waals surface area contributed by atoms with Gasteiger partial charge in [-0.1, -0.05) is 78.1 Å². The van der Waals surface area contributed by atoms with Gasteiger partial charge < -0.3 is 4.48 Å². The highest BCUT2D eigenvalue weighted by Gasteiger charge is 2.30. The van der Waals surface area contributed by atoms with Gasteiger partial charge >= 0.3 is 0 Å². The number of likely N-dealkylation sites (tertiary alicyclic amines) is 1. The Hall–Kier alpha value is -0.0400. The van der Waals surface area contributed by atoms with E-state index in [9.17, 15) is 0 Å². The molecule has 1 saturated heterocycles. The van der Waals surface area contributed by atoms with Crippen molar-refractivity contribution < 1.29 is 4.48 Å². The van der Waals surface area contributed by atoms with Gasteiger partial charge in [0.05, 0.1) is 26.2 Å². The predicted octanol–water partition coefficient (Wildman–Crippen LogP) is 7.10. The molecule has 1 heteroatoms. The SMILES string of the molecule is CCCCCCCCCCCCC[N+]1(CCCCC)CCCC1. The van der Waals surface area contributed by atoms with E-state index in [0.717, 1.165) is 0 Å². The van der Waals surface area contributed by atoms with Crippen LogP contribution in [-0.4, -0.2) is 30.7 Å². The van der Waals surface area contributed by atoms with Crippen LogP contribution in [0, 0.1) is 0 Å². The van der Waals surface area contributed by atoms with E-state index in [1.807, 2.05) is 0 Å². The molecule has 0 bridgehead atoms. The van der Waals surface area contributed by atoms with Crippen LogP contribution in [0.5, 0.6) is 0 Å². The fourth-order valence-corrected chi connectivity index (χ4v) is 4.37. The second kappa shape index (κ2) is 14.3. The Bertz CT molecular complexity index is 242. The smallest absolute Gasteiger partial charge is 0.0788 e. The maximum Gasteiger partial charge on any atom is 0.0788 e. The molecule has 1 aliphatic heterocycles. The molecule has 0 aromatic heterocycles. The molecule has 0 spiro atoms. The summed E-state index contributed by atoms with van der Waals surface area (Å²) in [6, 6.07) is 0. The van der Waals surface area contributed by atoms with Crippen molar-refractivity contribution >= 4 is 0 Å². The number of nitrogens with zero attached hydrogens (tertiary/aromatic N) is 1. The molecule has 0 aliphatic carbocycles. The predicted molar refractivity (Wildman–Crippen MR) is 105 cm³/mol. The first-order valence-corrected chi connectivity index (χ1v) is 11.2. The minimum Gasteiger partial charge on any atom is -0.324 e. The summed E-state index contributed by atoms with van der Waals surface area (Å²) in [6.07, 6.45) is 23.4. The normalized spacial score (nSPS) is 17.0. The molecule has 0 aromatic carbocycles. The summed E-state index contributed by atoms with van der Waals surface area (Å²) in [5, 5.41) is 0. The van der Waals surface area contributed by atoms with Crippen molar-refractivity contribution in [3.8, 4) is 0 Å². The van der Waals surface area contributed by atoms with Crippen LogP contribution in [0.3, 0.4) is 0 Å². The molecule has 0 N–H and O–H groups in total. The van der Waals surface area contributed by atoms with Crippen molar-refractivity contribution in [2.75, 3.05) is 26.2 Å². The van der Waals surface area contributed by atoms with Gasteiger partial charge in [0.15, 0.2) is 0 Å². The largest absolute Gasteiger partial charge is 0.324 e. The summed E-state index contributed by atoms with van der Waals surface area (Å²) in [6.45, 7) is 10.6. The number of unbranched alkanes of at least 4 members (excludes halogenated alkanes) is 12. The van der Waals surface area contributed by atoms with Gasteiger partial charge in [0.1, 0.15) is 0 Å². The van der Waals surface area contributed by atoms with Crippen LogP contribution >= 0.6 is 0 Å². The van der Waals surface area contributed by atoms with E-state index in [0.29, 0.717) is 0 Å². The monoisotopic (exact) mass is 324 g/mol. The standard InChI is InChI=1S/C22H46N/c1-3-5-7-8-9-10-11-12-13-14-16-20-23(19-15-6-4-2)21-17-18-22-23/h3-22H2,1-2H3/q+1. The second-order valence-electron chi connectivity index (χ2n) is 8.19. The Morgan fingerprint density at radius 2 is 0.826 bits per heavy atom. The minimum atomic E-state index is 1.37. The van der Waals surface area contributed by atoms with E-state index in [4.69, 9.17) is 0 Å². The van der Waals surface area contributed by atoms with E-state index in [1.54, 1.807) is 0 Å². The van der Waals surface area contributed by atoms with Gasteiger partial charge in [0, 0.05) is 12.8 Å². The Balaban J connectivity index is 1.94. The highest BCUT2D eigenvalue weighted by Crippen LogP contribution is 2.22. The molecule has 1 nitrogen and oxygen atoms in total. The maximum atomic E-state index is 2.33. The molecule has 0 amide bonds. The molecule has 1 fully saturated rings. The van der Waals surface area contributed by atoms with Gasteiger partial charge in [-0.25, -0.2) is 0 Å². The van der Waals surface area contributed by atoms with Gasteiger partial charge in [-0.3, -0.25) is 0 Å². The molecular weight excluding hydrogens is 278 g/mol. The molecule has 0 unspecified atom stereocenters. The fourth-order valence-electron chi connectivity index (χ4n) is 4.37. The van der Waals surface area contributed by atoms with Gasteiger partial charge in [-0.15, -0.1) is 0 Å². The van der Waals surface area contributed by atoms with Crippen molar-refractivity contribution in [3.05, 3.63) is 0 Å². The van der Waals surface area contributed by atoms with Crippen molar-refractivity contribution in [2.24, 2.45) is 0 Å². The van der Waals surface area contributed by atoms with Crippen LogP contribution in [0.1, 0.15) is 117 Å². The van der Waals surface area contributed by atoms with Crippen molar-refractivity contribution in [1.82, 2.24) is 0 Å². The third-order valence-corrected chi connectivity index (χ3v) is 5.99. The highest BCUT2D eigenvalue weighted by atomic mass is 15.4. The van der Waals surface area contributed by atoms with E-state index >= 15 is 0 Å². The summed E-state index contributed by atoms with van der Waals surface area (Å²) in [4.78, 5) is 0. The lowest BCUT2D eigenvalue weighted by Crippen LogP contribution is -2.46. The maximum absolute atomic E-state index is 2.33. The van der Waals surface area contributed by atoms with Gasteiger partial charge in [-0.2, -0.15) is 0 Å². The summed E-state index contributed by atoms with van der Waals surface area (Å²) in [5.74, 6) is 0. The zero-order valence-corrected chi connectivity index (χ0v) is 16.6. The summed E-state index contributed by atoms with van der Waals surface area (Å²) >= 11 is 0. The Morgan fingerprint density at radius 1 is 0.478 bits per heavy atom. The van der Waals surface area contributed by atoms with Crippen LogP contribution in [-0.2, 0) is 0 Å². The molecule has 138 valence electrons. The molecule has 1 aliphatic rings. The van der Waals surface area contributed by atoms with E-state index in [-0.39, 0.29) is 0 Å². The minimum absolute atomic E-state index is 1.37. The van der Waals surface area contributed by atoms with Crippen molar-refractivity contribution in [3.63, 3.8) is 0 Å². The van der Waals surface area contributed by atoms with Gasteiger partial charge in [0.2, 0.25) is 0 Å². The fraction of sp³-hybridized carbons (Fsp3) is 1.00. The van der Waals surface area contributed by atoms with Gasteiger partial charge in [0.25, 0.3) is 0 Å². The van der Waals surface area contributed by atoms with Gasteiger partial charge in [-0.05, 0) is 25.7 Å². The number of hydrogen-bond acceptors (Lipinski definition) is 0. The zero-order chi connectivity index (χ0) is 16.6. The van der Waals surface area contributed by atoms with E-state index < -0.39 is 0 Å². The third kappa shape index (κ3) is 10.4. The lowest BCUT2D eigenvalue weighted by molar-refractivity contribution is -0.917. The molecule has 23 heavy (non-hydrogen) atoms. The van der Waals surface area contributed by atoms with Crippen LogP contribution in [0.2, 0.25) is 0 Å². The van der Waals surface area contributed by atoms with Crippen molar-refractivity contribution in [2.45, 2.75) is 117 Å². The second-order valence-corrected chi connectivity index (χ2v) is 8.19. The third-order valence-electron chi connectivity index (χ3n) is 5.99. The summed E-state index contributed by atoms with van der Waals surface area (Å²) in [5.41, 5.74) is 0. The first-order chi connectivity index (χ1) is 11.3. The first kappa shape index (κ1) is 21.0. The van der Waals surface area contributed by atoms with Crippen LogP contribution in [0.4, 0.5) is 0 Å². The Morgan fingerprint density at radius 3 is 1.30 bits per heavy atom. The molecule has 0 radical (unpaired) electrons. The molecule has 0 saturated carbocycles. The van der Waals surface area contributed by atoms with E-state index in [1.165, 1.54) is 133 Å². The average molecular weight is 325 g/mol. The summed E-state index contributed by atoms with van der Waals surface area (Å²) in [7, 11) is 0.